The van der Waals surface area contributed by atoms with E-state index in [1.165, 1.54) is 5.57 Å². The normalized spacial score (nSPS) is 15.9. The van der Waals surface area contributed by atoms with Gasteiger partial charge in [-0.2, -0.15) is 0 Å². The minimum atomic E-state index is 0.741. The molecule has 0 unspecified atom stereocenters. The molecule has 0 spiro atoms. The Morgan fingerprint density at radius 3 is 2.94 bits per heavy atom. The number of hydrogen-bond donors (Lipinski definition) is 1. The Bertz CT molecular complexity index is 429. The minimum Gasteiger partial charge on any atom is -0.351 e. The largest absolute Gasteiger partial charge is 0.351 e. The summed E-state index contributed by atoms with van der Waals surface area (Å²) in [5.41, 5.74) is 2.56. The molecule has 92 valence electrons. The molecule has 0 fully saturated rings. The molecule has 17 heavy (non-hydrogen) atoms. The van der Waals surface area contributed by atoms with Gasteiger partial charge in [0.05, 0.1) is 5.02 Å². The Morgan fingerprint density at radius 1 is 1.53 bits per heavy atom. The number of anilines is 1. The lowest BCUT2D eigenvalue weighted by atomic mass is 10.1. The lowest BCUT2D eigenvalue weighted by Crippen LogP contribution is -2.29. The maximum absolute atomic E-state index is 6.28. The van der Waals surface area contributed by atoms with Gasteiger partial charge in [-0.15, -0.1) is 0 Å². The molecule has 0 amide bonds. The van der Waals surface area contributed by atoms with Crippen molar-refractivity contribution < 1.29 is 0 Å². The third-order valence-electron chi connectivity index (χ3n) is 3.00. The van der Waals surface area contributed by atoms with Crippen LogP contribution in [0.3, 0.4) is 0 Å². The molecule has 2 rings (SSSR count). The lowest BCUT2D eigenvalue weighted by Gasteiger charge is -2.27. The maximum atomic E-state index is 6.28. The zero-order chi connectivity index (χ0) is 12.3. The quantitative estimate of drug-likeness (QED) is 0.837. The molecule has 0 atom stereocenters. The van der Waals surface area contributed by atoms with Gasteiger partial charge in [-0.25, -0.2) is 4.98 Å². The van der Waals surface area contributed by atoms with Crippen LogP contribution < -0.4 is 10.2 Å². The molecule has 0 aliphatic carbocycles. The van der Waals surface area contributed by atoms with E-state index < -0.39 is 0 Å². The van der Waals surface area contributed by atoms with E-state index in [0.29, 0.717) is 0 Å². The Hall–Kier alpha value is -1.06. The van der Waals surface area contributed by atoms with Gasteiger partial charge in [0.2, 0.25) is 0 Å². The van der Waals surface area contributed by atoms with E-state index >= 15 is 0 Å². The van der Waals surface area contributed by atoms with Crippen molar-refractivity contribution in [2.75, 3.05) is 25.0 Å². The van der Waals surface area contributed by atoms with Crippen molar-refractivity contribution in [1.29, 1.82) is 0 Å². The third-order valence-corrected chi connectivity index (χ3v) is 3.27. The van der Waals surface area contributed by atoms with Crippen LogP contribution in [0.4, 0.5) is 5.82 Å². The highest BCUT2D eigenvalue weighted by Gasteiger charge is 2.14. The second-order valence-corrected chi connectivity index (χ2v) is 4.83. The monoisotopic (exact) mass is 251 g/mol. The Labute approximate surface area is 107 Å². The van der Waals surface area contributed by atoms with Gasteiger partial charge < -0.3 is 10.2 Å². The molecule has 1 aromatic heterocycles. The van der Waals surface area contributed by atoms with E-state index in [-0.39, 0.29) is 0 Å². The van der Waals surface area contributed by atoms with Gasteiger partial charge in [-0.05, 0) is 32.0 Å². The molecule has 2 heterocycles. The summed E-state index contributed by atoms with van der Waals surface area (Å²) in [6.07, 6.45) is 5.22. The Balaban J connectivity index is 2.16. The van der Waals surface area contributed by atoms with Crippen LogP contribution in [0.2, 0.25) is 5.02 Å². The first-order valence-electron chi connectivity index (χ1n) is 5.90. The molecule has 0 saturated carbocycles. The molecule has 0 bridgehead atoms. The van der Waals surface area contributed by atoms with Crippen molar-refractivity contribution in [3.05, 3.63) is 34.5 Å². The number of hydrogen-bond acceptors (Lipinski definition) is 3. The van der Waals surface area contributed by atoms with Gasteiger partial charge in [0.25, 0.3) is 0 Å². The number of pyridine rings is 1. The molecule has 4 heteroatoms. The van der Waals surface area contributed by atoms with Crippen LogP contribution in [0, 0.1) is 0 Å². The summed E-state index contributed by atoms with van der Waals surface area (Å²) < 4.78 is 0. The van der Waals surface area contributed by atoms with Crippen molar-refractivity contribution in [2.24, 2.45) is 0 Å². The highest BCUT2D eigenvalue weighted by Crippen LogP contribution is 2.26. The summed E-state index contributed by atoms with van der Waals surface area (Å²) in [6, 6.07) is 1.99. The van der Waals surface area contributed by atoms with E-state index in [0.717, 1.165) is 42.5 Å². The summed E-state index contributed by atoms with van der Waals surface area (Å²) in [5, 5.41) is 3.84. The van der Waals surface area contributed by atoms with E-state index in [1.807, 2.05) is 19.3 Å². The Morgan fingerprint density at radius 2 is 2.35 bits per heavy atom. The van der Waals surface area contributed by atoms with Crippen LogP contribution in [-0.4, -0.2) is 25.1 Å². The summed E-state index contributed by atoms with van der Waals surface area (Å²) >= 11 is 6.28. The first-order chi connectivity index (χ1) is 8.20. The standard InChI is InChI=1S/C13H18ClN3/c1-10-3-5-17(6-4-10)13-12(14)7-11(8-15-2)9-16-13/h3,7,9,15H,4-6,8H2,1-2H3. The fraction of sp³-hybridized carbons (Fsp3) is 0.462. The lowest BCUT2D eigenvalue weighted by molar-refractivity contribution is 0.770. The molecular formula is C13H18ClN3. The zero-order valence-electron chi connectivity index (χ0n) is 10.3. The molecule has 1 aliphatic rings. The number of aromatic nitrogens is 1. The molecule has 1 aromatic rings. The van der Waals surface area contributed by atoms with Gasteiger partial charge in [0.15, 0.2) is 0 Å². The predicted octanol–water partition coefficient (Wildman–Crippen LogP) is 2.61. The van der Waals surface area contributed by atoms with Gasteiger partial charge in [0.1, 0.15) is 5.82 Å². The van der Waals surface area contributed by atoms with Gasteiger partial charge in [-0.1, -0.05) is 23.3 Å². The SMILES string of the molecule is CNCc1cnc(N2CC=C(C)CC2)c(Cl)c1. The van der Waals surface area contributed by atoms with Crippen molar-refractivity contribution in [3.8, 4) is 0 Å². The van der Waals surface area contributed by atoms with Gasteiger partial charge in [0, 0.05) is 25.8 Å². The average Bonchev–Trinajstić information content (AvgIpc) is 2.31. The highest BCUT2D eigenvalue weighted by atomic mass is 35.5. The third kappa shape index (κ3) is 2.99. The van der Waals surface area contributed by atoms with Gasteiger partial charge >= 0.3 is 0 Å². The fourth-order valence-corrected chi connectivity index (χ4v) is 2.28. The van der Waals surface area contributed by atoms with Crippen LogP contribution in [0.15, 0.2) is 23.9 Å². The molecular weight excluding hydrogens is 234 g/mol. The number of rotatable bonds is 3. The topological polar surface area (TPSA) is 28.2 Å². The predicted molar refractivity (Wildman–Crippen MR) is 72.6 cm³/mol. The molecule has 1 aliphatic heterocycles. The van der Waals surface area contributed by atoms with E-state index in [4.69, 9.17) is 11.6 Å². The molecule has 3 nitrogen and oxygen atoms in total. The summed E-state index contributed by atoms with van der Waals surface area (Å²) in [7, 11) is 1.92. The fourth-order valence-electron chi connectivity index (χ4n) is 1.97. The van der Waals surface area contributed by atoms with E-state index in [9.17, 15) is 0 Å². The number of nitrogens with zero attached hydrogens (tertiary/aromatic N) is 2. The van der Waals surface area contributed by atoms with Gasteiger partial charge in [-0.3, -0.25) is 0 Å². The minimum absolute atomic E-state index is 0.741. The van der Waals surface area contributed by atoms with Crippen LogP contribution in [0.1, 0.15) is 18.9 Å². The van der Waals surface area contributed by atoms with Crippen molar-refractivity contribution in [2.45, 2.75) is 19.9 Å². The first kappa shape index (κ1) is 12.4. The Kier molecular flexibility index (Phi) is 4.02. The van der Waals surface area contributed by atoms with Crippen LogP contribution in [-0.2, 0) is 6.54 Å². The number of halogens is 1. The summed E-state index contributed by atoms with van der Waals surface area (Å²) in [4.78, 5) is 6.69. The molecule has 0 saturated heterocycles. The number of nitrogens with one attached hydrogen (secondary N) is 1. The highest BCUT2D eigenvalue weighted by molar-refractivity contribution is 6.33. The van der Waals surface area contributed by atoms with E-state index in [2.05, 4.69) is 28.2 Å². The summed E-state index contributed by atoms with van der Waals surface area (Å²) in [5.74, 6) is 0.898. The van der Waals surface area contributed by atoms with Crippen molar-refractivity contribution in [1.82, 2.24) is 10.3 Å². The maximum Gasteiger partial charge on any atom is 0.147 e. The molecule has 0 aromatic carbocycles. The molecule has 0 radical (unpaired) electrons. The van der Waals surface area contributed by atoms with Crippen molar-refractivity contribution >= 4 is 17.4 Å². The molecule has 1 N–H and O–H groups in total. The van der Waals surface area contributed by atoms with E-state index in [1.54, 1.807) is 0 Å². The van der Waals surface area contributed by atoms with Crippen LogP contribution in [0.25, 0.3) is 0 Å². The summed E-state index contributed by atoms with van der Waals surface area (Å²) in [6.45, 7) is 4.87. The average molecular weight is 252 g/mol. The first-order valence-corrected chi connectivity index (χ1v) is 6.28. The van der Waals surface area contributed by atoms with Crippen molar-refractivity contribution in [3.63, 3.8) is 0 Å². The smallest absolute Gasteiger partial charge is 0.147 e. The van der Waals surface area contributed by atoms with Crippen LogP contribution >= 0.6 is 11.6 Å². The second kappa shape index (κ2) is 5.52. The van der Waals surface area contributed by atoms with Crippen LogP contribution in [0.5, 0.6) is 0 Å². The second-order valence-electron chi connectivity index (χ2n) is 4.43. The zero-order valence-corrected chi connectivity index (χ0v) is 11.1.